The van der Waals surface area contributed by atoms with Crippen molar-refractivity contribution < 1.29 is 4.79 Å². The Bertz CT molecular complexity index is 795. The van der Waals surface area contributed by atoms with Crippen LogP contribution in [0.5, 0.6) is 0 Å². The molecule has 1 heterocycles. The number of benzene rings is 2. The first kappa shape index (κ1) is 12.6. The topological polar surface area (TPSA) is 68.0 Å². The Hall–Kier alpha value is -2.40. The fraction of sp³-hybridized carbons (Fsp3) is 0.0667. The highest BCUT2D eigenvalue weighted by atomic mass is 32.1. The van der Waals surface area contributed by atoms with Crippen molar-refractivity contribution in [3.05, 3.63) is 53.6 Å². The number of nitrogens with zero attached hydrogens (tertiary/aromatic N) is 1. The highest BCUT2D eigenvalue weighted by Crippen LogP contribution is 2.26. The molecule has 20 heavy (non-hydrogen) atoms. The molecule has 100 valence electrons. The molecule has 2 aromatic carbocycles. The average Bonchev–Trinajstić information content (AvgIpc) is 2.78. The van der Waals surface area contributed by atoms with Crippen molar-refractivity contribution in [1.82, 2.24) is 4.98 Å². The molecule has 0 atom stereocenters. The first-order valence-electron chi connectivity index (χ1n) is 6.16. The number of amides is 1. The van der Waals surface area contributed by atoms with Gasteiger partial charge in [0.05, 0.1) is 10.2 Å². The van der Waals surface area contributed by atoms with Crippen LogP contribution < -0.4 is 11.1 Å². The summed E-state index contributed by atoms with van der Waals surface area (Å²) in [5.41, 5.74) is 8.90. The van der Waals surface area contributed by atoms with Gasteiger partial charge in [-0.3, -0.25) is 4.79 Å². The Morgan fingerprint density at radius 1 is 1.25 bits per heavy atom. The molecule has 0 unspecified atom stereocenters. The molecule has 0 aliphatic carbocycles. The Labute approximate surface area is 120 Å². The van der Waals surface area contributed by atoms with Crippen molar-refractivity contribution >= 4 is 38.3 Å². The SMILES string of the molecule is Cc1ccccc1C(=O)Nc1ccc2nc(N)sc2c1. The van der Waals surface area contributed by atoms with Crippen LogP contribution in [0.15, 0.2) is 42.5 Å². The summed E-state index contributed by atoms with van der Waals surface area (Å²) >= 11 is 1.41. The van der Waals surface area contributed by atoms with E-state index in [-0.39, 0.29) is 5.91 Å². The van der Waals surface area contributed by atoms with Crippen molar-refractivity contribution in [1.29, 1.82) is 0 Å². The number of thiazole rings is 1. The van der Waals surface area contributed by atoms with Crippen LogP contribution in [-0.4, -0.2) is 10.9 Å². The standard InChI is InChI=1S/C15H13N3OS/c1-9-4-2-3-5-11(9)14(19)17-10-6-7-12-13(8-10)20-15(16)18-12/h2-8H,1H3,(H2,16,18)(H,17,19). The largest absolute Gasteiger partial charge is 0.375 e. The van der Waals surface area contributed by atoms with Gasteiger partial charge in [0.25, 0.3) is 5.91 Å². The van der Waals surface area contributed by atoms with Gasteiger partial charge in [0, 0.05) is 11.3 Å². The van der Waals surface area contributed by atoms with E-state index >= 15 is 0 Å². The number of hydrogen-bond donors (Lipinski definition) is 2. The van der Waals surface area contributed by atoms with Crippen LogP contribution in [0, 0.1) is 6.92 Å². The quantitative estimate of drug-likeness (QED) is 0.757. The minimum absolute atomic E-state index is 0.111. The normalized spacial score (nSPS) is 10.7. The molecule has 3 rings (SSSR count). The van der Waals surface area contributed by atoms with E-state index in [1.54, 1.807) is 0 Å². The Balaban J connectivity index is 1.89. The molecule has 0 saturated carbocycles. The maximum Gasteiger partial charge on any atom is 0.255 e. The van der Waals surface area contributed by atoms with Gasteiger partial charge in [0.1, 0.15) is 0 Å². The molecular weight excluding hydrogens is 270 g/mol. The second kappa shape index (κ2) is 4.94. The molecule has 5 heteroatoms. The van der Waals surface area contributed by atoms with E-state index in [1.807, 2.05) is 49.4 Å². The number of nitrogens with one attached hydrogen (secondary N) is 1. The number of carbonyl (C=O) groups is 1. The summed E-state index contributed by atoms with van der Waals surface area (Å²) in [6.45, 7) is 1.92. The van der Waals surface area contributed by atoms with Gasteiger partial charge < -0.3 is 11.1 Å². The highest BCUT2D eigenvalue weighted by molar-refractivity contribution is 7.22. The lowest BCUT2D eigenvalue weighted by Gasteiger charge is -2.07. The summed E-state index contributed by atoms with van der Waals surface area (Å²) < 4.78 is 0.963. The number of hydrogen-bond acceptors (Lipinski definition) is 4. The predicted octanol–water partition coefficient (Wildman–Crippen LogP) is 3.44. The molecule has 3 aromatic rings. The number of anilines is 2. The number of nitrogen functional groups attached to an aromatic ring is 1. The van der Waals surface area contributed by atoms with Crippen molar-refractivity contribution in [2.45, 2.75) is 6.92 Å². The second-order valence-corrected chi connectivity index (χ2v) is 5.57. The second-order valence-electron chi connectivity index (χ2n) is 4.50. The molecule has 4 nitrogen and oxygen atoms in total. The number of carbonyl (C=O) groups excluding carboxylic acids is 1. The lowest BCUT2D eigenvalue weighted by Crippen LogP contribution is -2.13. The summed E-state index contributed by atoms with van der Waals surface area (Å²) in [5.74, 6) is -0.111. The van der Waals surface area contributed by atoms with Crippen LogP contribution >= 0.6 is 11.3 Å². The summed E-state index contributed by atoms with van der Waals surface area (Å²) in [6.07, 6.45) is 0. The predicted molar refractivity (Wildman–Crippen MR) is 83.2 cm³/mol. The lowest BCUT2D eigenvalue weighted by atomic mass is 10.1. The fourth-order valence-corrected chi connectivity index (χ4v) is 2.82. The highest BCUT2D eigenvalue weighted by Gasteiger charge is 2.09. The maximum absolute atomic E-state index is 12.2. The van der Waals surface area contributed by atoms with Gasteiger partial charge in [-0.2, -0.15) is 0 Å². The van der Waals surface area contributed by atoms with Gasteiger partial charge in [-0.25, -0.2) is 4.98 Å². The van der Waals surface area contributed by atoms with E-state index in [0.29, 0.717) is 10.7 Å². The number of aromatic nitrogens is 1. The van der Waals surface area contributed by atoms with Crippen LogP contribution in [0.3, 0.4) is 0 Å². The summed E-state index contributed by atoms with van der Waals surface area (Å²) in [7, 11) is 0. The van der Waals surface area contributed by atoms with Gasteiger partial charge in [0.15, 0.2) is 5.13 Å². The molecule has 0 bridgehead atoms. The van der Waals surface area contributed by atoms with Gasteiger partial charge in [0.2, 0.25) is 0 Å². The van der Waals surface area contributed by atoms with E-state index < -0.39 is 0 Å². The van der Waals surface area contributed by atoms with Gasteiger partial charge in [-0.05, 0) is 36.8 Å². The fourth-order valence-electron chi connectivity index (χ4n) is 2.05. The Morgan fingerprint density at radius 2 is 2.05 bits per heavy atom. The van der Waals surface area contributed by atoms with Crippen LogP contribution in [0.25, 0.3) is 10.2 Å². The molecule has 0 aliphatic heterocycles. The maximum atomic E-state index is 12.2. The molecule has 3 N–H and O–H groups in total. The minimum Gasteiger partial charge on any atom is -0.375 e. The molecule has 0 fully saturated rings. The van der Waals surface area contributed by atoms with Gasteiger partial charge >= 0.3 is 0 Å². The zero-order valence-electron chi connectivity index (χ0n) is 10.9. The molecule has 0 spiro atoms. The minimum atomic E-state index is -0.111. The zero-order valence-corrected chi connectivity index (χ0v) is 11.7. The van der Waals surface area contributed by atoms with E-state index in [2.05, 4.69) is 10.3 Å². The Morgan fingerprint density at radius 3 is 2.85 bits per heavy atom. The third-order valence-corrected chi connectivity index (χ3v) is 3.90. The zero-order chi connectivity index (χ0) is 14.1. The van der Waals surface area contributed by atoms with Crippen LogP contribution in [0.4, 0.5) is 10.8 Å². The van der Waals surface area contributed by atoms with E-state index in [1.165, 1.54) is 11.3 Å². The van der Waals surface area contributed by atoms with Gasteiger partial charge in [-0.1, -0.05) is 29.5 Å². The molecular formula is C15H13N3OS. The number of rotatable bonds is 2. The third-order valence-electron chi connectivity index (χ3n) is 3.05. The van der Waals surface area contributed by atoms with E-state index in [9.17, 15) is 4.79 Å². The molecule has 0 saturated heterocycles. The smallest absolute Gasteiger partial charge is 0.255 e. The first-order chi connectivity index (χ1) is 9.63. The van der Waals surface area contributed by atoms with Crippen molar-refractivity contribution in [2.24, 2.45) is 0 Å². The number of nitrogens with two attached hydrogens (primary N) is 1. The first-order valence-corrected chi connectivity index (χ1v) is 6.98. The molecule has 1 amide bonds. The molecule has 0 aliphatic rings. The lowest BCUT2D eigenvalue weighted by molar-refractivity contribution is 0.102. The van der Waals surface area contributed by atoms with Crippen molar-refractivity contribution in [2.75, 3.05) is 11.1 Å². The summed E-state index contributed by atoms with van der Waals surface area (Å²) in [5, 5.41) is 3.43. The van der Waals surface area contributed by atoms with E-state index in [4.69, 9.17) is 5.73 Å². The van der Waals surface area contributed by atoms with Crippen molar-refractivity contribution in [3.63, 3.8) is 0 Å². The summed E-state index contributed by atoms with van der Waals surface area (Å²) in [6, 6.07) is 13.1. The summed E-state index contributed by atoms with van der Waals surface area (Å²) in [4.78, 5) is 16.4. The van der Waals surface area contributed by atoms with Crippen LogP contribution in [0.1, 0.15) is 15.9 Å². The Kier molecular flexibility index (Phi) is 3.12. The monoisotopic (exact) mass is 283 g/mol. The molecule has 0 radical (unpaired) electrons. The third kappa shape index (κ3) is 2.35. The van der Waals surface area contributed by atoms with Crippen LogP contribution in [-0.2, 0) is 0 Å². The van der Waals surface area contributed by atoms with Gasteiger partial charge in [-0.15, -0.1) is 0 Å². The van der Waals surface area contributed by atoms with E-state index in [0.717, 1.165) is 21.5 Å². The number of fused-ring (bicyclic) bond motifs is 1. The van der Waals surface area contributed by atoms with Crippen LogP contribution in [0.2, 0.25) is 0 Å². The van der Waals surface area contributed by atoms with Crippen molar-refractivity contribution in [3.8, 4) is 0 Å². The average molecular weight is 283 g/mol. The number of aryl methyl sites for hydroxylation is 1. The molecule has 1 aromatic heterocycles.